The molecule has 114 valence electrons. The fourth-order valence-electron chi connectivity index (χ4n) is 2.79. The second-order valence-corrected chi connectivity index (χ2v) is 5.91. The van der Waals surface area contributed by atoms with Crippen LogP contribution in [0.1, 0.15) is 50.8 Å². The summed E-state index contributed by atoms with van der Waals surface area (Å²) in [5, 5.41) is 0. The number of benzene rings is 1. The molecule has 1 aromatic carbocycles. The molecule has 0 aliphatic rings. The fraction of sp³-hybridized carbons (Fsp3) is 0.300. The summed E-state index contributed by atoms with van der Waals surface area (Å²) in [6, 6.07) is 5.70. The molecule has 2 heteroatoms. The zero-order valence-corrected chi connectivity index (χ0v) is 14.2. The van der Waals surface area contributed by atoms with Gasteiger partial charge in [-0.25, -0.2) is 0 Å². The Balaban J connectivity index is 2.53. The van der Waals surface area contributed by atoms with E-state index in [4.69, 9.17) is 0 Å². The van der Waals surface area contributed by atoms with E-state index < -0.39 is 0 Å². The van der Waals surface area contributed by atoms with Crippen LogP contribution in [0, 0.1) is 34.6 Å². The molecule has 1 aromatic heterocycles. The first-order valence-corrected chi connectivity index (χ1v) is 7.55. The molecular weight excluding hydrogens is 270 g/mol. The van der Waals surface area contributed by atoms with E-state index in [2.05, 4.69) is 25.8 Å². The van der Waals surface area contributed by atoms with Crippen LogP contribution in [0.3, 0.4) is 0 Å². The van der Waals surface area contributed by atoms with Crippen molar-refractivity contribution >= 4 is 11.9 Å². The molecule has 0 atom stereocenters. The van der Waals surface area contributed by atoms with Crippen LogP contribution in [0.4, 0.5) is 0 Å². The maximum absolute atomic E-state index is 12.9. The Morgan fingerprint density at radius 2 is 1.45 bits per heavy atom. The third-order valence-corrected chi connectivity index (χ3v) is 4.64. The summed E-state index contributed by atoms with van der Waals surface area (Å²) in [5.74, 6) is 0.0897. The van der Waals surface area contributed by atoms with Gasteiger partial charge in [-0.05, 0) is 93.1 Å². The van der Waals surface area contributed by atoms with E-state index in [9.17, 15) is 4.79 Å². The van der Waals surface area contributed by atoms with Gasteiger partial charge in [0, 0.05) is 11.8 Å². The predicted octanol–water partition coefficient (Wildman–Crippen LogP) is 4.91. The number of carbonyl (C=O) groups excluding carboxylic acids is 1. The number of hydrogen-bond acceptors (Lipinski definition) is 2. The van der Waals surface area contributed by atoms with Gasteiger partial charge in [0.2, 0.25) is 0 Å². The zero-order chi connectivity index (χ0) is 16.4. The van der Waals surface area contributed by atoms with Gasteiger partial charge in [0.25, 0.3) is 0 Å². The molecule has 1 heterocycles. The Morgan fingerprint density at radius 3 is 1.95 bits per heavy atom. The van der Waals surface area contributed by atoms with Gasteiger partial charge < -0.3 is 0 Å². The topological polar surface area (TPSA) is 30.0 Å². The van der Waals surface area contributed by atoms with Gasteiger partial charge in [-0.3, -0.25) is 9.78 Å². The van der Waals surface area contributed by atoms with Crippen LogP contribution in [0.5, 0.6) is 0 Å². The van der Waals surface area contributed by atoms with Crippen molar-refractivity contribution in [3.63, 3.8) is 0 Å². The van der Waals surface area contributed by atoms with Crippen molar-refractivity contribution in [2.75, 3.05) is 0 Å². The van der Waals surface area contributed by atoms with E-state index in [1.165, 1.54) is 16.7 Å². The highest BCUT2D eigenvalue weighted by atomic mass is 16.1. The van der Waals surface area contributed by atoms with E-state index >= 15 is 0 Å². The van der Waals surface area contributed by atoms with Crippen molar-refractivity contribution in [3.05, 3.63) is 69.0 Å². The average Bonchev–Trinajstić information content (AvgIpc) is 2.52. The number of nitrogens with zero attached hydrogens (tertiary/aromatic N) is 1. The number of allylic oxidation sites excluding steroid dienone is 1. The minimum absolute atomic E-state index is 0.0897. The first-order valence-electron chi connectivity index (χ1n) is 7.55. The van der Waals surface area contributed by atoms with Crippen LogP contribution < -0.4 is 0 Å². The van der Waals surface area contributed by atoms with Crippen molar-refractivity contribution in [1.29, 1.82) is 0 Å². The van der Waals surface area contributed by atoms with Crippen LogP contribution >= 0.6 is 0 Å². The molecule has 0 spiro atoms. The van der Waals surface area contributed by atoms with Crippen LogP contribution in [-0.4, -0.2) is 10.8 Å². The summed E-state index contributed by atoms with van der Waals surface area (Å²) >= 11 is 0. The molecule has 0 unspecified atom stereocenters. The lowest BCUT2D eigenvalue weighted by atomic mass is 9.86. The van der Waals surface area contributed by atoms with Gasteiger partial charge in [0.15, 0.2) is 5.78 Å². The number of rotatable bonds is 3. The predicted molar refractivity (Wildman–Crippen MR) is 92.3 cm³/mol. The third kappa shape index (κ3) is 2.87. The largest absolute Gasteiger partial charge is 0.289 e. The van der Waals surface area contributed by atoms with E-state index in [0.717, 1.165) is 22.4 Å². The molecule has 0 amide bonds. The van der Waals surface area contributed by atoms with Gasteiger partial charge in [-0.2, -0.15) is 0 Å². The van der Waals surface area contributed by atoms with E-state index in [1.807, 2.05) is 45.0 Å². The highest BCUT2D eigenvalue weighted by molar-refractivity contribution is 6.12. The van der Waals surface area contributed by atoms with Gasteiger partial charge >= 0.3 is 0 Å². The van der Waals surface area contributed by atoms with Crippen molar-refractivity contribution in [3.8, 4) is 0 Å². The second-order valence-electron chi connectivity index (χ2n) is 5.91. The molecule has 0 bridgehead atoms. The van der Waals surface area contributed by atoms with Gasteiger partial charge in [0.1, 0.15) is 0 Å². The van der Waals surface area contributed by atoms with Crippen molar-refractivity contribution in [2.24, 2.45) is 0 Å². The third-order valence-electron chi connectivity index (χ3n) is 4.64. The van der Waals surface area contributed by atoms with Crippen LogP contribution in [0.25, 0.3) is 6.08 Å². The average molecular weight is 293 g/mol. The molecule has 22 heavy (non-hydrogen) atoms. The highest BCUT2D eigenvalue weighted by Crippen LogP contribution is 2.28. The molecule has 0 aliphatic heterocycles. The number of carbonyl (C=O) groups is 1. The van der Waals surface area contributed by atoms with E-state index in [-0.39, 0.29) is 5.78 Å². The molecule has 2 rings (SSSR count). The Morgan fingerprint density at radius 1 is 0.909 bits per heavy atom. The van der Waals surface area contributed by atoms with Crippen molar-refractivity contribution in [2.45, 2.75) is 41.5 Å². The first kappa shape index (κ1) is 16.2. The standard InChI is InChI=1S/C20H23NO/c1-12(11-18-9-7-8-10-21-18)20(22)19-16(5)14(3)13(2)15(4)17(19)6/h7-11H,1-6H3/b12-11+. The number of ketones is 1. The molecule has 2 nitrogen and oxygen atoms in total. The van der Waals surface area contributed by atoms with E-state index in [1.54, 1.807) is 6.20 Å². The molecule has 0 saturated heterocycles. The summed E-state index contributed by atoms with van der Waals surface area (Å²) in [7, 11) is 0. The Labute approximate surface area is 132 Å². The maximum atomic E-state index is 12.9. The monoisotopic (exact) mass is 293 g/mol. The molecule has 2 aromatic rings. The van der Waals surface area contributed by atoms with Crippen LogP contribution in [-0.2, 0) is 0 Å². The summed E-state index contributed by atoms with van der Waals surface area (Å²) in [5.41, 5.74) is 8.22. The maximum Gasteiger partial charge on any atom is 0.189 e. The lowest BCUT2D eigenvalue weighted by Gasteiger charge is -2.18. The van der Waals surface area contributed by atoms with Gasteiger partial charge in [-0.1, -0.05) is 6.07 Å². The normalized spacial score (nSPS) is 11.6. The van der Waals surface area contributed by atoms with Crippen molar-refractivity contribution in [1.82, 2.24) is 4.98 Å². The molecule has 0 aliphatic carbocycles. The Kier molecular flexibility index (Phi) is 4.60. The lowest BCUT2D eigenvalue weighted by molar-refractivity contribution is 0.103. The summed E-state index contributed by atoms with van der Waals surface area (Å²) in [6.45, 7) is 12.2. The van der Waals surface area contributed by atoms with Crippen molar-refractivity contribution < 1.29 is 4.79 Å². The summed E-state index contributed by atoms with van der Waals surface area (Å²) in [4.78, 5) is 17.2. The number of hydrogen-bond donors (Lipinski definition) is 0. The minimum Gasteiger partial charge on any atom is -0.289 e. The van der Waals surface area contributed by atoms with Gasteiger partial charge in [-0.15, -0.1) is 0 Å². The molecule has 0 radical (unpaired) electrons. The molecule has 0 fully saturated rings. The zero-order valence-electron chi connectivity index (χ0n) is 14.2. The van der Waals surface area contributed by atoms with E-state index in [0.29, 0.717) is 5.57 Å². The van der Waals surface area contributed by atoms with Crippen LogP contribution in [0.2, 0.25) is 0 Å². The molecule has 0 saturated carbocycles. The number of aromatic nitrogens is 1. The highest BCUT2D eigenvalue weighted by Gasteiger charge is 2.19. The first-order chi connectivity index (χ1) is 10.3. The fourth-order valence-corrected chi connectivity index (χ4v) is 2.79. The summed E-state index contributed by atoms with van der Waals surface area (Å²) < 4.78 is 0. The SMILES string of the molecule is C/C(=C\c1ccccn1)C(=O)c1c(C)c(C)c(C)c(C)c1C. The molecule has 0 N–H and O–H groups in total. The number of Topliss-reactive ketones (excluding diaryl/α,β-unsaturated/α-hetero) is 1. The molecular formula is C20H23NO. The lowest BCUT2D eigenvalue weighted by Crippen LogP contribution is -2.10. The number of pyridine rings is 1. The van der Waals surface area contributed by atoms with Crippen LogP contribution in [0.15, 0.2) is 30.0 Å². The Hall–Kier alpha value is -2.22. The smallest absolute Gasteiger partial charge is 0.189 e. The second kappa shape index (κ2) is 6.27. The van der Waals surface area contributed by atoms with Gasteiger partial charge in [0.05, 0.1) is 5.69 Å². The summed E-state index contributed by atoms with van der Waals surface area (Å²) in [6.07, 6.45) is 3.59. The Bertz CT molecular complexity index is 726. The minimum atomic E-state index is 0.0897. The quantitative estimate of drug-likeness (QED) is 0.594.